The Morgan fingerprint density at radius 1 is 0.897 bits per heavy atom. The van der Waals surface area contributed by atoms with E-state index in [2.05, 4.69) is 15.3 Å². The van der Waals surface area contributed by atoms with Crippen molar-refractivity contribution in [3.63, 3.8) is 0 Å². The first-order valence-corrected chi connectivity index (χ1v) is 9.29. The summed E-state index contributed by atoms with van der Waals surface area (Å²) in [6, 6.07) is 8.31. The minimum atomic E-state index is -1.27. The summed E-state index contributed by atoms with van der Waals surface area (Å²) in [5, 5.41) is 4.37. The zero-order valence-corrected chi connectivity index (χ0v) is 15.5. The zero-order valence-electron chi connectivity index (χ0n) is 14.7. The SMILES string of the molecule is O=C(Nc1cncc(-c2cc(-c3cccnc3)cs2)c1)c1c(F)cc(F)cc1F. The van der Waals surface area contributed by atoms with E-state index in [4.69, 9.17) is 0 Å². The number of carbonyl (C=O) groups is 1. The molecule has 3 aromatic heterocycles. The number of anilines is 1. The summed E-state index contributed by atoms with van der Waals surface area (Å²) in [6.07, 6.45) is 6.43. The predicted molar refractivity (Wildman–Crippen MR) is 105 cm³/mol. The fourth-order valence-corrected chi connectivity index (χ4v) is 3.67. The second kappa shape index (κ2) is 7.84. The average molecular weight is 411 g/mol. The maximum absolute atomic E-state index is 13.8. The van der Waals surface area contributed by atoms with Gasteiger partial charge in [-0.2, -0.15) is 0 Å². The molecule has 0 aliphatic rings. The Labute approximate surface area is 167 Å². The van der Waals surface area contributed by atoms with Crippen LogP contribution in [0.25, 0.3) is 21.6 Å². The first-order chi connectivity index (χ1) is 14.0. The molecule has 3 heterocycles. The summed E-state index contributed by atoms with van der Waals surface area (Å²) < 4.78 is 40.7. The van der Waals surface area contributed by atoms with Crippen molar-refractivity contribution in [3.8, 4) is 21.6 Å². The third kappa shape index (κ3) is 4.02. The summed E-state index contributed by atoms with van der Waals surface area (Å²) in [7, 11) is 0. The van der Waals surface area contributed by atoms with Crippen LogP contribution in [0.1, 0.15) is 10.4 Å². The minimum absolute atomic E-state index is 0.256. The fourth-order valence-electron chi connectivity index (χ4n) is 2.77. The van der Waals surface area contributed by atoms with E-state index in [1.807, 2.05) is 23.6 Å². The van der Waals surface area contributed by atoms with Crippen LogP contribution in [0, 0.1) is 17.5 Å². The van der Waals surface area contributed by atoms with Crippen LogP contribution in [-0.4, -0.2) is 15.9 Å². The van der Waals surface area contributed by atoms with Gasteiger partial charge >= 0.3 is 0 Å². The van der Waals surface area contributed by atoms with Gasteiger partial charge < -0.3 is 5.32 Å². The van der Waals surface area contributed by atoms with Gasteiger partial charge in [-0.1, -0.05) is 6.07 Å². The molecule has 0 fully saturated rings. The molecule has 0 radical (unpaired) electrons. The Kier molecular flexibility index (Phi) is 5.09. The second-order valence-corrected chi connectivity index (χ2v) is 7.01. The van der Waals surface area contributed by atoms with Crippen LogP contribution in [0.5, 0.6) is 0 Å². The van der Waals surface area contributed by atoms with Crippen LogP contribution in [0.3, 0.4) is 0 Å². The fraction of sp³-hybridized carbons (Fsp3) is 0. The molecule has 144 valence electrons. The van der Waals surface area contributed by atoms with E-state index in [1.165, 1.54) is 17.5 Å². The number of amides is 1. The molecule has 1 N–H and O–H groups in total. The Hall–Kier alpha value is -3.52. The number of hydrogen-bond donors (Lipinski definition) is 1. The third-order valence-electron chi connectivity index (χ3n) is 4.11. The molecule has 0 aliphatic carbocycles. The molecule has 0 saturated heterocycles. The van der Waals surface area contributed by atoms with Gasteiger partial charge in [0.25, 0.3) is 5.91 Å². The van der Waals surface area contributed by atoms with E-state index >= 15 is 0 Å². The van der Waals surface area contributed by atoms with Crippen LogP contribution >= 0.6 is 11.3 Å². The lowest BCUT2D eigenvalue weighted by Crippen LogP contribution is -2.16. The van der Waals surface area contributed by atoms with Crippen LogP contribution in [-0.2, 0) is 0 Å². The average Bonchev–Trinajstić information content (AvgIpc) is 3.18. The molecule has 1 aromatic carbocycles. The van der Waals surface area contributed by atoms with E-state index < -0.39 is 28.9 Å². The summed E-state index contributed by atoms with van der Waals surface area (Å²) >= 11 is 1.49. The molecule has 0 saturated carbocycles. The van der Waals surface area contributed by atoms with Crippen molar-refractivity contribution in [3.05, 3.63) is 89.6 Å². The first kappa shape index (κ1) is 18.8. The number of thiophene rings is 1. The second-order valence-electron chi connectivity index (χ2n) is 6.10. The van der Waals surface area contributed by atoms with E-state index in [0.717, 1.165) is 21.6 Å². The molecule has 4 aromatic rings. The van der Waals surface area contributed by atoms with Gasteiger partial charge in [-0.25, -0.2) is 13.2 Å². The lowest BCUT2D eigenvalue weighted by molar-refractivity contribution is 0.101. The number of carbonyl (C=O) groups excluding carboxylic acids is 1. The van der Waals surface area contributed by atoms with Crippen LogP contribution in [0.15, 0.2) is 66.6 Å². The van der Waals surface area contributed by atoms with Gasteiger partial charge in [0, 0.05) is 46.7 Å². The van der Waals surface area contributed by atoms with Crippen LogP contribution in [0.4, 0.5) is 18.9 Å². The smallest absolute Gasteiger partial charge is 0.261 e. The van der Waals surface area contributed by atoms with Gasteiger partial charge in [0.1, 0.15) is 23.0 Å². The third-order valence-corrected chi connectivity index (χ3v) is 5.09. The van der Waals surface area contributed by atoms with E-state index in [0.29, 0.717) is 12.1 Å². The van der Waals surface area contributed by atoms with Crippen molar-refractivity contribution in [1.82, 2.24) is 9.97 Å². The quantitative estimate of drug-likeness (QED) is 0.480. The number of halogens is 3. The highest BCUT2D eigenvalue weighted by atomic mass is 32.1. The molecule has 8 heteroatoms. The van der Waals surface area contributed by atoms with Gasteiger partial charge in [0.2, 0.25) is 0 Å². The summed E-state index contributed by atoms with van der Waals surface area (Å²) in [5.41, 5.74) is 2.08. The van der Waals surface area contributed by atoms with Gasteiger partial charge in [-0.3, -0.25) is 14.8 Å². The Balaban J connectivity index is 1.59. The lowest BCUT2D eigenvalue weighted by Gasteiger charge is -2.08. The number of rotatable bonds is 4. The van der Waals surface area contributed by atoms with Crippen molar-refractivity contribution < 1.29 is 18.0 Å². The van der Waals surface area contributed by atoms with Crippen LogP contribution in [0.2, 0.25) is 0 Å². The van der Waals surface area contributed by atoms with Gasteiger partial charge in [0.05, 0.1) is 11.9 Å². The van der Waals surface area contributed by atoms with Crippen molar-refractivity contribution in [1.29, 1.82) is 0 Å². The topological polar surface area (TPSA) is 54.9 Å². The summed E-state index contributed by atoms with van der Waals surface area (Å²) in [4.78, 5) is 21.3. The molecular weight excluding hydrogens is 399 g/mol. The molecule has 1 amide bonds. The monoisotopic (exact) mass is 411 g/mol. The normalized spacial score (nSPS) is 10.7. The predicted octanol–water partition coefficient (Wildman–Crippen LogP) is 5.54. The number of benzene rings is 1. The first-order valence-electron chi connectivity index (χ1n) is 8.41. The highest BCUT2D eigenvalue weighted by Gasteiger charge is 2.19. The largest absolute Gasteiger partial charge is 0.320 e. The molecule has 4 rings (SSSR count). The van der Waals surface area contributed by atoms with Gasteiger partial charge in [0.15, 0.2) is 0 Å². The number of pyridine rings is 2. The number of aromatic nitrogens is 2. The van der Waals surface area contributed by atoms with Gasteiger partial charge in [-0.05, 0) is 29.1 Å². The summed E-state index contributed by atoms with van der Waals surface area (Å²) in [6.45, 7) is 0. The standard InChI is InChI=1S/C21H12F3N3OS/c22-15-6-17(23)20(18(24)7-15)21(28)27-16-4-13(9-26-10-16)19-5-14(11-29-19)12-2-1-3-25-8-12/h1-11H,(H,27,28). The molecule has 4 nitrogen and oxygen atoms in total. The number of nitrogens with one attached hydrogen (secondary N) is 1. The molecule has 0 spiro atoms. The maximum atomic E-state index is 13.8. The zero-order chi connectivity index (χ0) is 20.4. The molecule has 0 bridgehead atoms. The molecule has 0 aliphatic heterocycles. The molecule has 0 atom stereocenters. The summed E-state index contributed by atoms with van der Waals surface area (Å²) in [5.74, 6) is -4.67. The minimum Gasteiger partial charge on any atom is -0.320 e. The van der Waals surface area contributed by atoms with E-state index in [9.17, 15) is 18.0 Å². The van der Waals surface area contributed by atoms with Crippen molar-refractivity contribution >= 4 is 22.9 Å². The number of hydrogen-bond acceptors (Lipinski definition) is 4. The molecular formula is C21H12F3N3OS. The van der Waals surface area contributed by atoms with Crippen molar-refractivity contribution in [2.75, 3.05) is 5.32 Å². The van der Waals surface area contributed by atoms with Crippen LogP contribution < -0.4 is 5.32 Å². The molecule has 0 unspecified atom stereocenters. The number of nitrogens with zero attached hydrogens (tertiary/aromatic N) is 2. The van der Waals surface area contributed by atoms with Gasteiger partial charge in [-0.15, -0.1) is 11.3 Å². The highest BCUT2D eigenvalue weighted by molar-refractivity contribution is 7.14. The van der Waals surface area contributed by atoms with E-state index in [-0.39, 0.29) is 5.69 Å². The van der Waals surface area contributed by atoms with Crippen molar-refractivity contribution in [2.24, 2.45) is 0 Å². The molecule has 29 heavy (non-hydrogen) atoms. The highest BCUT2D eigenvalue weighted by Crippen LogP contribution is 2.33. The Morgan fingerprint density at radius 2 is 1.66 bits per heavy atom. The van der Waals surface area contributed by atoms with Crippen molar-refractivity contribution in [2.45, 2.75) is 0 Å². The lowest BCUT2D eigenvalue weighted by atomic mass is 10.1. The van der Waals surface area contributed by atoms with E-state index in [1.54, 1.807) is 24.7 Å². The Morgan fingerprint density at radius 3 is 2.38 bits per heavy atom. The maximum Gasteiger partial charge on any atom is 0.261 e. The Bertz CT molecular complexity index is 1170.